The topological polar surface area (TPSA) is 159 Å². The van der Waals surface area contributed by atoms with Crippen LogP contribution in [0.5, 0.6) is 0 Å². The molecule has 0 bridgehead atoms. The van der Waals surface area contributed by atoms with Crippen molar-refractivity contribution in [3.8, 4) is 16.9 Å². The maximum atomic E-state index is 15.2. The molecule has 0 saturated carbocycles. The Hall–Kier alpha value is -3.58. The number of nitrogens with one attached hydrogen (secondary N) is 4. The highest BCUT2D eigenvalue weighted by Gasteiger charge is 2.22. The van der Waals surface area contributed by atoms with Crippen LogP contribution in [-0.4, -0.2) is 59.4 Å². The summed E-state index contributed by atoms with van der Waals surface area (Å²) in [6.45, 7) is 2.52. The summed E-state index contributed by atoms with van der Waals surface area (Å²) in [5.41, 5.74) is 9.15. The van der Waals surface area contributed by atoms with Gasteiger partial charge in [0.2, 0.25) is 0 Å². The fraction of sp³-hybridized carbons (Fsp3) is 0.424. The molecular weight excluding hydrogens is 629 g/mol. The number of aromatic amines is 1. The van der Waals surface area contributed by atoms with Gasteiger partial charge in [-0.05, 0) is 86.9 Å². The van der Waals surface area contributed by atoms with Gasteiger partial charge in [-0.25, -0.2) is 17.6 Å². The summed E-state index contributed by atoms with van der Waals surface area (Å²) >= 11 is 6.26. The first-order valence-electron chi connectivity index (χ1n) is 15.6. The molecule has 0 aliphatic carbocycles. The lowest BCUT2D eigenvalue weighted by Crippen LogP contribution is -2.39. The Morgan fingerprint density at radius 2 is 2.00 bits per heavy atom. The zero-order chi connectivity index (χ0) is 33.0. The number of piperidine rings is 1. The molecule has 2 aromatic heterocycles. The molecule has 6 N–H and O–H groups in total. The summed E-state index contributed by atoms with van der Waals surface area (Å²) in [6, 6.07) is 13.0. The number of aromatic nitrogens is 3. The average Bonchev–Trinajstić information content (AvgIpc) is 3.40. The number of H-pyrrole nitrogens is 1. The molecule has 1 fully saturated rings. The van der Waals surface area contributed by atoms with E-state index in [-0.39, 0.29) is 22.4 Å². The van der Waals surface area contributed by atoms with Crippen LogP contribution in [0.15, 0.2) is 53.5 Å². The molecule has 13 heteroatoms. The van der Waals surface area contributed by atoms with Gasteiger partial charge < -0.3 is 21.4 Å². The van der Waals surface area contributed by atoms with Gasteiger partial charge in [0.25, 0.3) is 0 Å². The molecule has 4 aromatic rings. The number of hydrogen-bond donors (Lipinski definition) is 5. The lowest BCUT2D eigenvalue weighted by Gasteiger charge is -2.31. The fourth-order valence-electron chi connectivity index (χ4n) is 6.16. The summed E-state index contributed by atoms with van der Waals surface area (Å²) in [5.74, 6) is -0.193. The number of halogens is 2. The van der Waals surface area contributed by atoms with Crippen molar-refractivity contribution in [2.75, 3.05) is 18.6 Å². The van der Waals surface area contributed by atoms with Gasteiger partial charge >= 0.3 is 5.69 Å². The van der Waals surface area contributed by atoms with Crippen molar-refractivity contribution in [2.45, 2.75) is 70.0 Å². The molecule has 0 spiro atoms. The highest BCUT2D eigenvalue weighted by Crippen LogP contribution is 2.32. The zero-order valence-electron chi connectivity index (χ0n) is 26.1. The first-order chi connectivity index (χ1) is 21.9. The number of nitrogens with two attached hydrogens (primary N) is 1. The van der Waals surface area contributed by atoms with Crippen LogP contribution >= 0.6 is 11.6 Å². The predicted molar refractivity (Wildman–Crippen MR) is 182 cm³/mol. The number of aryl methyl sites for hydroxylation is 1. The molecule has 5 rings (SSSR count). The van der Waals surface area contributed by atoms with E-state index in [9.17, 15) is 13.2 Å². The third-order valence-electron chi connectivity index (χ3n) is 8.38. The fourth-order valence-corrected chi connectivity index (χ4v) is 7.35. The molecule has 1 saturated heterocycles. The summed E-state index contributed by atoms with van der Waals surface area (Å²) in [5, 5.41) is 15.0. The molecule has 3 atom stereocenters. The van der Waals surface area contributed by atoms with Crippen molar-refractivity contribution in [1.82, 2.24) is 25.2 Å². The molecular formula is C33H41ClFN7O3S. The molecule has 1 aliphatic heterocycles. The Labute approximate surface area is 273 Å². The number of fused-ring (bicyclic) bond motifs is 1. The minimum absolute atomic E-state index is 0.0314. The monoisotopic (exact) mass is 669 g/mol. The van der Waals surface area contributed by atoms with Crippen LogP contribution in [0.2, 0.25) is 5.02 Å². The van der Waals surface area contributed by atoms with Crippen molar-refractivity contribution in [3.05, 3.63) is 81.1 Å². The first kappa shape index (κ1) is 33.8. The molecule has 46 heavy (non-hydrogen) atoms. The van der Waals surface area contributed by atoms with Crippen LogP contribution in [0.1, 0.15) is 62.6 Å². The van der Waals surface area contributed by atoms with E-state index in [2.05, 4.69) is 20.6 Å². The largest absolute Gasteiger partial charge is 0.374 e. The van der Waals surface area contributed by atoms with Crippen LogP contribution in [-0.2, 0) is 16.3 Å². The van der Waals surface area contributed by atoms with Crippen LogP contribution < -0.4 is 22.1 Å². The number of rotatable bonds is 12. The molecule has 0 amide bonds. The number of sulfone groups is 1. The van der Waals surface area contributed by atoms with E-state index in [1.807, 2.05) is 24.3 Å². The van der Waals surface area contributed by atoms with Crippen molar-refractivity contribution < 1.29 is 12.8 Å². The van der Waals surface area contributed by atoms with E-state index >= 15 is 4.39 Å². The van der Waals surface area contributed by atoms with Crippen LogP contribution in [0, 0.1) is 11.2 Å². The highest BCUT2D eigenvalue weighted by molar-refractivity contribution is 7.90. The zero-order valence-corrected chi connectivity index (χ0v) is 27.6. The normalized spacial score (nSPS) is 17.7. The van der Waals surface area contributed by atoms with Gasteiger partial charge in [-0.2, -0.15) is 4.98 Å². The average molecular weight is 670 g/mol. The van der Waals surface area contributed by atoms with E-state index in [0.29, 0.717) is 53.6 Å². The van der Waals surface area contributed by atoms with E-state index in [1.54, 1.807) is 31.3 Å². The Morgan fingerprint density at radius 3 is 2.72 bits per heavy atom. The van der Waals surface area contributed by atoms with E-state index in [4.69, 9.17) is 22.7 Å². The van der Waals surface area contributed by atoms with Crippen molar-refractivity contribution in [3.63, 3.8) is 0 Å². The Kier molecular flexibility index (Phi) is 10.6. The lowest BCUT2D eigenvalue weighted by atomic mass is 9.92. The minimum Gasteiger partial charge on any atom is -0.374 e. The van der Waals surface area contributed by atoms with E-state index in [0.717, 1.165) is 49.6 Å². The number of hydrogen-bond acceptors (Lipinski definition) is 7. The summed E-state index contributed by atoms with van der Waals surface area (Å²) in [7, 11) is -3.16. The number of nitrogens with zero attached hydrogens (tertiary/aromatic N) is 2. The van der Waals surface area contributed by atoms with Crippen molar-refractivity contribution in [1.29, 1.82) is 5.41 Å². The van der Waals surface area contributed by atoms with Gasteiger partial charge in [0.1, 0.15) is 15.5 Å². The van der Waals surface area contributed by atoms with Crippen LogP contribution in [0.4, 0.5) is 4.39 Å². The van der Waals surface area contributed by atoms with Gasteiger partial charge in [-0.15, -0.1) is 0 Å². The van der Waals surface area contributed by atoms with Gasteiger partial charge in [0, 0.05) is 48.1 Å². The highest BCUT2D eigenvalue weighted by atomic mass is 35.5. The molecule has 0 unspecified atom stereocenters. The Balaban J connectivity index is 1.31. The second kappa shape index (κ2) is 14.5. The van der Waals surface area contributed by atoms with Gasteiger partial charge in [-0.1, -0.05) is 30.2 Å². The molecule has 246 valence electrons. The number of benzene rings is 2. The van der Waals surface area contributed by atoms with Crippen LogP contribution in [0.3, 0.4) is 0 Å². The second-order valence-electron chi connectivity index (χ2n) is 12.3. The van der Waals surface area contributed by atoms with Crippen LogP contribution in [0.25, 0.3) is 28.0 Å². The Bertz CT molecular complexity index is 1870. The smallest absolute Gasteiger partial charge is 0.354 e. The molecule has 1 aliphatic rings. The molecule has 2 aromatic carbocycles. The Morgan fingerprint density at radius 1 is 1.24 bits per heavy atom. The third kappa shape index (κ3) is 8.61. The molecule has 0 radical (unpaired) electrons. The second-order valence-corrected chi connectivity index (χ2v) is 14.9. The van der Waals surface area contributed by atoms with E-state index in [1.165, 1.54) is 4.57 Å². The maximum absolute atomic E-state index is 15.2. The van der Waals surface area contributed by atoms with Crippen molar-refractivity contribution >= 4 is 38.3 Å². The van der Waals surface area contributed by atoms with Gasteiger partial charge in [0.15, 0.2) is 5.82 Å². The first-order valence-corrected chi connectivity index (χ1v) is 18.0. The summed E-state index contributed by atoms with van der Waals surface area (Å²) < 4.78 is 39.7. The molecule has 3 heterocycles. The number of amidine groups is 1. The van der Waals surface area contributed by atoms with Gasteiger partial charge in [0.05, 0.1) is 28.0 Å². The SMILES string of the molecule is CC(=N)NCC[C@@H]1CCC[C@@H](c2ccc(-n3cc4cc(-c5cc(CCC[C@@H](N)CS(C)(=O)=O)cc(Cl)c5F)[nH]c4nc3=O)cc2)N1. The van der Waals surface area contributed by atoms with Crippen molar-refractivity contribution in [2.24, 2.45) is 5.73 Å². The maximum Gasteiger partial charge on any atom is 0.354 e. The quantitative estimate of drug-likeness (QED) is 0.105. The molecule has 10 nitrogen and oxygen atoms in total. The summed E-state index contributed by atoms with van der Waals surface area (Å²) in [4.78, 5) is 20.4. The predicted octanol–water partition coefficient (Wildman–Crippen LogP) is 5.03. The standard InChI is InChI=1S/C33H41ClFN7O3S/c1-20(36)38-14-13-25-7-4-8-29(39-25)22-9-11-26(12-10-22)42-18-23-17-30(40-32(23)41-33(42)43)27-15-21(16-28(34)31(27)35)5-3-6-24(37)19-46(2,44)45/h9-12,15-18,24-25,29,39H,3-8,13-14,19,37H2,1-2H3,(H2,36,38)(H,40,41,43)/t24-,25+,29+/m1/s1. The third-order valence-corrected chi connectivity index (χ3v) is 9.69. The minimum atomic E-state index is -3.16. The van der Waals surface area contributed by atoms with Gasteiger partial charge in [-0.3, -0.25) is 9.98 Å². The van der Waals surface area contributed by atoms with E-state index < -0.39 is 27.4 Å². The summed E-state index contributed by atoms with van der Waals surface area (Å²) in [6.07, 6.45) is 8.73. The lowest BCUT2D eigenvalue weighted by molar-refractivity contribution is 0.312.